The van der Waals surface area contributed by atoms with Crippen molar-refractivity contribution >= 4 is 6.03 Å². The fourth-order valence-corrected chi connectivity index (χ4v) is 3.28. The maximum Gasteiger partial charge on any atom is 0.412 e. The van der Waals surface area contributed by atoms with Gasteiger partial charge < -0.3 is 20.1 Å². The van der Waals surface area contributed by atoms with Gasteiger partial charge in [0.25, 0.3) is 0 Å². The molecule has 0 aliphatic carbocycles. The number of rotatable bonds is 4. The van der Waals surface area contributed by atoms with Crippen molar-refractivity contribution in [3.8, 4) is 5.75 Å². The molecule has 2 amide bonds. The van der Waals surface area contributed by atoms with Crippen molar-refractivity contribution < 1.29 is 27.4 Å². The second-order valence-electron chi connectivity index (χ2n) is 6.08. The number of carbonyl (C=O) groups is 1. The highest BCUT2D eigenvalue weighted by Crippen LogP contribution is 2.35. The number of benzene rings is 1. The van der Waals surface area contributed by atoms with Gasteiger partial charge in [-0.3, -0.25) is 0 Å². The highest BCUT2D eigenvalue weighted by atomic mass is 19.4. The monoisotopic (exact) mass is 344 g/mol. The third-order valence-electron chi connectivity index (χ3n) is 4.47. The second-order valence-corrected chi connectivity index (χ2v) is 6.08. The standard InChI is InChI=1S/C16H19F3N2O3/c1-23-10-4-2-9(3-5-10)14(16(17,18)19)21-15(22)20-12-8-11-6-7-13(12)24-11/h2-5,11-14H,6-8H2,1H3,(H2,20,21,22)/t11-,12+,13-,14+/m1/s1. The van der Waals surface area contributed by atoms with Crippen LogP contribution >= 0.6 is 0 Å². The van der Waals surface area contributed by atoms with Gasteiger partial charge in [-0.1, -0.05) is 12.1 Å². The summed E-state index contributed by atoms with van der Waals surface area (Å²) in [4.78, 5) is 12.0. The maximum absolute atomic E-state index is 13.3. The molecule has 2 heterocycles. The zero-order valence-electron chi connectivity index (χ0n) is 13.1. The Kier molecular flexibility index (Phi) is 4.58. The van der Waals surface area contributed by atoms with E-state index in [9.17, 15) is 18.0 Å². The summed E-state index contributed by atoms with van der Waals surface area (Å²) in [6.07, 6.45) is -2.15. The lowest BCUT2D eigenvalue weighted by Crippen LogP contribution is -2.49. The molecule has 24 heavy (non-hydrogen) atoms. The van der Waals surface area contributed by atoms with Crippen molar-refractivity contribution in [2.45, 2.75) is 49.7 Å². The molecule has 1 aromatic rings. The van der Waals surface area contributed by atoms with Gasteiger partial charge in [0, 0.05) is 0 Å². The average Bonchev–Trinajstić information content (AvgIpc) is 3.14. The van der Waals surface area contributed by atoms with E-state index in [1.165, 1.54) is 31.4 Å². The van der Waals surface area contributed by atoms with Gasteiger partial charge in [0.2, 0.25) is 0 Å². The predicted octanol–water partition coefficient (Wildman–Crippen LogP) is 2.92. The Hall–Kier alpha value is -1.96. The molecule has 0 radical (unpaired) electrons. The number of hydrogen-bond donors (Lipinski definition) is 2. The van der Waals surface area contributed by atoms with Gasteiger partial charge in [-0.15, -0.1) is 0 Å². The van der Waals surface area contributed by atoms with E-state index in [1.807, 2.05) is 5.32 Å². The summed E-state index contributed by atoms with van der Waals surface area (Å²) in [7, 11) is 1.43. The number of alkyl halides is 3. The van der Waals surface area contributed by atoms with Crippen molar-refractivity contribution in [1.29, 1.82) is 0 Å². The molecule has 2 aliphatic heterocycles. The highest BCUT2D eigenvalue weighted by molar-refractivity contribution is 5.75. The quantitative estimate of drug-likeness (QED) is 0.883. The van der Waals surface area contributed by atoms with E-state index in [0.29, 0.717) is 12.2 Å². The van der Waals surface area contributed by atoms with Crippen molar-refractivity contribution in [3.63, 3.8) is 0 Å². The summed E-state index contributed by atoms with van der Waals surface area (Å²) >= 11 is 0. The number of urea groups is 1. The van der Waals surface area contributed by atoms with Crippen LogP contribution in [0, 0.1) is 0 Å². The Morgan fingerprint density at radius 2 is 2.00 bits per heavy atom. The molecule has 1 aromatic carbocycles. The van der Waals surface area contributed by atoms with Crippen LogP contribution in [0.15, 0.2) is 24.3 Å². The topological polar surface area (TPSA) is 59.6 Å². The van der Waals surface area contributed by atoms with Crippen LogP contribution in [0.2, 0.25) is 0 Å². The van der Waals surface area contributed by atoms with Crippen molar-refractivity contribution in [1.82, 2.24) is 10.6 Å². The molecule has 2 bridgehead atoms. The van der Waals surface area contributed by atoms with Crippen molar-refractivity contribution in [2.75, 3.05) is 7.11 Å². The van der Waals surface area contributed by atoms with Crippen molar-refractivity contribution in [3.05, 3.63) is 29.8 Å². The van der Waals surface area contributed by atoms with E-state index < -0.39 is 18.2 Å². The fourth-order valence-electron chi connectivity index (χ4n) is 3.28. The minimum Gasteiger partial charge on any atom is -0.497 e. The first kappa shape index (κ1) is 16.9. The first-order valence-electron chi connectivity index (χ1n) is 7.80. The first-order chi connectivity index (χ1) is 11.4. The summed E-state index contributed by atoms with van der Waals surface area (Å²) < 4.78 is 50.5. The molecular weight excluding hydrogens is 325 g/mol. The number of amides is 2. The van der Waals surface area contributed by atoms with Crippen LogP contribution in [0.4, 0.5) is 18.0 Å². The lowest BCUT2D eigenvalue weighted by molar-refractivity contribution is -0.155. The molecule has 0 unspecified atom stereocenters. The number of methoxy groups -OCH3 is 1. The number of halogens is 3. The van der Waals surface area contributed by atoms with E-state index in [4.69, 9.17) is 9.47 Å². The molecule has 2 fully saturated rings. The molecule has 5 nitrogen and oxygen atoms in total. The number of ether oxygens (including phenoxy) is 2. The van der Waals surface area contributed by atoms with Crippen LogP contribution in [0.25, 0.3) is 0 Å². The largest absolute Gasteiger partial charge is 0.497 e. The highest BCUT2D eigenvalue weighted by Gasteiger charge is 2.44. The van der Waals surface area contributed by atoms with Crippen LogP contribution in [0.1, 0.15) is 30.9 Å². The minimum absolute atomic E-state index is 0.0531. The summed E-state index contributed by atoms with van der Waals surface area (Å²) in [6, 6.07) is 2.29. The van der Waals surface area contributed by atoms with Gasteiger partial charge in [-0.05, 0) is 37.0 Å². The molecule has 2 aliphatic rings. The van der Waals surface area contributed by atoms with Gasteiger partial charge >= 0.3 is 12.2 Å². The van der Waals surface area contributed by atoms with E-state index in [-0.39, 0.29) is 23.8 Å². The van der Waals surface area contributed by atoms with Crippen LogP contribution in [0.5, 0.6) is 5.75 Å². The predicted molar refractivity (Wildman–Crippen MR) is 79.8 cm³/mol. The summed E-state index contributed by atoms with van der Waals surface area (Å²) in [5.41, 5.74) is -0.0531. The minimum atomic E-state index is -4.60. The molecule has 0 spiro atoms. The van der Waals surface area contributed by atoms with Crippen LogP contribution < -0.4 is 15.4 Å². The molecule has 0 saturated carbocycles. The number of nitrogens with one attached hydrogen (secondary N) is 2. The van der Waals surface area contributed by atoms with Gasteiger partial charge in [0.05, 0.1) is 25.4 Å². The lowest BCUT2D eigenvalue weighted by Gasteiger charge is -2.25. The average molecular weight is 344 g/mol. The molecule has 8 heteroatoms. The second kappa shape index (κ2) is 6.51. The molecule has 3 rings (SSSR count). The number of hydrogen-bond acceptors (Lipinski definition) is 3. The molecule has 0 aromatic heterocycles. The Labute approximate surface area is 137 Å². The molecule has 2 N–H and O–H groups in total. The van der Waals surface area contributed by atoms with Crippen LogP contribution in [-0.2, 0) is 4.74 Å². The third-order valence-corrected chi connectivity index (χ3v) is 4.47. The van der Waals surface area contributed by atoms with E-state index in [0.717, 1.165) is 12.8 Å². The van der Waals surface area contributed by atoms with Crippen molar-refractivity contribution in [2.24, 2.45) is 0 Å². The van der Waals surface area contributed by atoms with Crippen LogP contribution in [0.3, 0.4) is 0 Å². The van der Waals surface area contributed by atoms with E-state index >= 15 is 0 Å². The zero-order chi connectivity index (χ0) is 17.3. The Bertz CT molecular complexity index is 591. The Morgan fingerprint density at radius 1 is 1.29 bits per heavy atom. The maximum atomic E-state index is 13.3. The number of carbonyl (C=O) groups excluding carboxylic acids is 1. The van der Waals surface area contributed by atoms with E-state index in [2.05, 4.69) is 5.32 Å². The van der Waals surface area contributed by atoms with E-state index in [1.54, 1.807) is 0 Å². The molecule has 132 valence electrons. The Balaban J connectivity index is 1.66. The SMILES string of the molecule is COc1ccc([C@H](NC(=O)N[C@H]2C[C@H]3CC[C@H]2O3)C(F)(F)F)cc1. The summed E-state index contributed by atoms with van der Waals surface area (Å²) in [5, 5.41) is 4.63. The summed E-state index contributed by atoms with van der Waals surface area (Å²) in [6.45, 7) is 0. The molecule has 4 atom stereocenters. The zero-order valence-corrected chi connectivity index (χ0v) is 13.1. The first-order valence-corrected chi connectivity index (χ1v) is 7.80. The van der Waals surface area contributed by atoms with Gasteiger partial charge in [-0.2, -0.15) is 13.2 Å². The van der Waals surface area contributed by atoms with Gasteiger partial charge in [0.1, 0.15) is 5.75 Å². The molecule has 2 saturated heterocycles. The fraction of sp³-hybridized carbons (Fsp3) is 0.562. The number of fused-ring (bicyclic) bond motifs is 2. The molecular formula is C16H19F3N2O3. The third kappa shape index (κ3) is 3.58. The lowest BCUT2D eigenvalue weighted by atomic mass is 9.96. The van der Waals surface area contributed by atoms with Crippen LogP contribution in [-0.4, -0.2) is 37.6 Å². The normalized spacial score (nSPS) is 26.9. The summed E-state index contributed by atoms with van der Waals surface area (Å²) in [5.74, 6) is 0.447. The van der Waals surface area contributed by atoms with Gasteiger partial charge in [-0.25, -0.2) is 4.79 Å². The van der Waals surface area contributed by atoms with Gasteiger partial charge in [0.15, 0.2) is 6.04 Å². The smallest absolute Gasteiger partial charge is 0.412 e. The Morgan fingerprint density at radius 3 is 2.50 bits per heavy atom.